The molecule has 5 atom stereocenters. The van der Waals surface area contributed by atoms with Crippen molar-refractivity contribution in [3.63, 3.8) is 0 Å². The molecule has 2 aliphatic rings. The van der Waals surface area contributed by atoms with Crippen LogP contribution in [0.2, 0.25) is 0 Å². The molecule has 63 heavy (non-hydrogen) atoms. The zero-order valence-corrected chi connectivity index (χ0v) is 35.5. The number of anilines is 1. The fourth-order valence-corrected chi connectivity index (χ4v) is 6.86. The number of amides is 6. The van der Waals surface area contributed by atoms with Crippen LogP contribution in [0.1, 0.15) is 64.4 Å². The fourth-order valence-electron chi connectivity index (χ4n) is 6.86. The Morgan fingerprint density at radius 2 is 1.49 bits per heavy atom. The van der Waals surface area contributed by atoms with Crippen LogP contribution in [0.5, 0.6) is 5.75 Å². The number of rotatable bonds is 25. The highest BCUT2D eigenvalue weighted by atomic mass is 16.7. The average molecular weight is 880 g/mol. The fraction of sp³-hybridized carbons (Fsp3) is 0.535. The molecule has 2 aliphatic carbocycles. The number of carbonyl (C=O) groups excluding carboxylic acids is 6. The summed E-state index contributed by atoms with van der Waals surface area (Å²) in [4.78, 5) is 85.3. The van der Waals surface area contributed by atoms with E-state index in [1.165, 1.54) is 24.3 Å². The largest absolute Gasteiger partial charge is 0.514 e. The van der Waals surface area contributed by atoms with E-state index in [1.807, 2.05) is 0 Å². The molecule has 4 rings (SSSR count). The van der Waals surface area contributed by atoms with Crippen LogP contribution in [0.15, 0.2) is 48.5 Å². The summed E-state index contributed by atoms with van der Waals surface area (Å²) in [5.41, 5.74) is 5.92. The van der Waals surface area contributed by atoms with E-state index >= 15 is 0 Å². The van der Waals surface area contributed by atoms with Crippen molar-refractivity contribution < 1.29 is 57.4 Å². The zero-order chi connectivity index (χ0) is 45.6. The number of nitro groups is 1. The van der Waals surface area contributed by atoms with E-state index in [1.54, 1.807) is 38.1 Å². The van der Waals surface area contributed by atoms with Crippen molar-refractivity contribution in [2.75, 3.05) is 51.4 Å². The van der Waals surface area contributed by atoms with E-state index in [2.05, 4.69) is 38.4 Å². The minimum absolute atomic E-state index is 0.0374. The Labute approximate surface area is 365 Å². The number of carbonyl (C=O) groups is 6. The topological polar surface area (TPSA) is 278 Å². The van der Waals surface area contributed by atoms with Crippen molar-refractivity contribution in [3.05, 3.63) is 64.2 Å². The maximum Gasteiger partial charge on any atom is 0.514 e. The molecule has 20 heteroatoms. The molecular weight excluding hydrogens is 823 g/mol. The molecule has 7 N–H and O–H groups in total. The molecule has 20 nitrogen and oxygen atoms in total. The molecule has 0 saturated heterocycles. The van der Waals surface area contributed by atoms with Gasteiger partial charge in [-0.15, -0.1) is 11.8 Å². The quantitative estimate of drug-likeness (QED) is 0.0206. The summed E-state index contributed by atoms with van der Waals surface area (Å²) in [6, 6.07) is 8.42. The Kier molecular flexibility index (Phi) is 20.4. The van der Waals surface area contributed by atoms with Gasteiger partial charge in [-0.2, -0.15) is 0 Å². The number of nitrogens with zero attached hydrogens (tertiary/aromatic N) is 1. The lowest BCUT2D eigenvalue weighted by Crippen LogP contribution is -2.54. The second-order valence-corrected chi connectivity index (χ2v) is 15.3. The number of ether oxygens (including phenoxy) is 5. The Bertz CT molecular complexity index is 1900. The van der Waals surface area contributed by atoms with E-state index in [0.29, 0.717) is 35.6 Å². The smallest absolute Gasteiger partial charge is 0.449 e. The lowest BCUT2D eigenvalue weighted by molar-refractivity contribution is -0.384. The van der Waals surface area contributed by atoms with Crippen molar-refractivity contribution in [1.82, 2.24) is 21.3 Å². The second kappa shape index (κ2) is 26.1. The predicted octanol–water partition coefficient (Wildman–Crippen LogP) is 3.91. The van der Waals surface area contributed by atoms with Crippen LogP contribution < -0.4 is 37.1 Å². The first-order valence-corrected chi connectivity index (χ1v) is 20.9. The van der Waals surface area contributed by atoms with Crippen molar-refractivity contribution in [2.24, 2.45) is 29.4 Å². The molecule has 2 aromatic rings. The summed E-state index contributed by atoms with van der Waals surface area (Å²) in [5.74, 6) is 6.09. The van der Waals surface area contributed by atoms with Gasteiger partial charge in [0.2, 0.25) is 17.7 Å². The number of nitrogens with one attached hydrogen (secondary N) is 5. The Hall–Kier alpha value is -6.46. The first-order valence-electron chi connectivity index (χ1n) is 20.9. The number of benzene rings is 2. The summed E-state index contributed by atoms with van der Waals surface area (Å²) >= 11 is 0. The van der Waals surface area contributed by atoms with Crippen LogP contribution in [0.25, 0.3) is 0 Å². The van der Waals surface area contributed by atoms with Crippen LogP contribution in [0, 0.1) is 45.6 Å². The van der Waals surface area contributed by atoms with Gasteiger partial charge < -0.3 is 56.0 Å². The number of non-ortho nitro benzene ring substituents is 1. The third kappa shape index (κ3) is 18.2. The van der Waals surface area contributed by atoms with Crippen LogP contribution in [0.4, 0.5) is 25.8 Å². The average Bonchev–Trinajstić information content (AvgIpc) is 3.90. The molecular formula is C43H57N7O13. The van der Waals surface area contributed by atoms with Crippen LogP contribution >= 0.6 is 0 Å². The third-order valence-electron chi connectivity index (χ3n) is 10.3. The van der Waals surface area contributed by atoms with Gasteiger partial charge in [0.05, 0.1) is 38.0 Å². The molecule has 0 aliphatic heterocycles. The van der Waals surface area contributed by atoms with E-state index in [4.69, 9.17) is 29.4 Å². The second-order valence-electron chi connectivity index (χ2n) is 15.3. The van der Waals surface area contributed by atoms with E-state index in [-0.39, 0.29) is 82.7 Å². The first-order chi connectivity index (χ1) is 30.3. The zero-order valence-electron chi connectivity index (χ0n) is 35.5. The molecule has 0 aromatic heterocycles. The summed E-state index contributed by atoms with van der Waals surface area (Å²) in [7, 11) is 0. The van der Waals surface area contributed by atoms with Gasteiger partial charge in [-0.25, -0.2) is 14.4 Å². The number of fused-ring (bicyclic) bond motifs is 1. The molecule has 2 aromatic carbocycles. The summed E-state index contributed by atoms with van der Waals surface area (Å²) in [6.45, 7) is 4.93. The van der Waals surface area contributed by atoms with E-state index < -0.39 is 53.0 Å². The molecule has 1 fully saturated rings. The normalized spacial score (nSPS) is 17.1. The molecule has 0 heterocycles. The number of hydrogen-bond acceptors (Lipinski definition) is 13. The van der Waals surface area contributed by atoms with Gasteiger partial charge in [0.1, 0.15) is 24.4 Å². The van der Waals surface area contributed by atoms with E-state index in [0.717, 1.165) is 25.7 Å². The first kappa shape index (κ1) is 49.2. The van der Waals surface area contributed by atoms with Gasteiger partial charge in [0.25, 0.3) is 5.69 Å². The number of nitrogens with two attached hydrogens (primary N) is 1. The number of primary amides is 1. The van der Waals surface area contributed by atoms with Crippen molar-refractivity contribution in [2.45, 2.75) is 77.5 Å². The molecule has 0 bridgehead atoms. The monoisotopic (exact) mass is 879 g/mol. The van der Waals surface area contributed by atoms with E-state index in [9.17, 15) is 38.9 Å². The van der Waals surface area contributed by atoms with Gasteiger partial charge in [-0.05, 0) is 79.2 Å². The van der Waals surface area contributed by atoms with Crippen LogP contribution in [-0.4, -0.2) is 99.1 Å². The Balaban J connectivity index is 1.13. The van der Waals surface area contributed by atoms with Gasteiger partial charge >= 0.3 is 18.3 Å². The van der Waals surface area contributed by atoms with Gasteiger partial charge in [-0.3, -0.25) is 24.5 Å². The maximum absolute atomic E-state index is 13.5. The standard InChI is InChI=1S/C43H57N7O13/c1-28(2)38(49-37(51)19-22-59-24-25-60-23-21-46-42(55)61-27-35-33-8-5-3-4-6-9-34(33)35)40(53)48-36(10-7-20-45-41(44)54)39(52)47-30-13-11-29(12-14-30)26-62-43(56)63-32-17-15-31(16-18-32)50(57)58/h11-18,28,33-36,38H,5-10,19-27H2,1-2H3,(H,46,55)(H,47,52)(H,48,53)(H,49,51)(H3,44,45,54)/t33-,34+,35?,36-,38-/m0/s1. The molecule has 342 valence electrons. The highest BCUT2D eigenvalue weighted by Crippen LogP contribution is 2.52. The molecule has 0 radical (unpaired) electrons. The molecule has 1 unspecified atom stereocenters. The number of hydrogen-bond donors (Lipinski definition) is 6. The van der Waals surface area contributed by atoms with Crippen LogP contribution in [-0.2, 0) is 39.9 Å². The predicted molar refractivity (Wildman–Crippen MR) is 227 cm³/mol. The Morgan fingerprint density at radius 1 is 0.825 bits per heavy atom. The summed E-state index contributed by atoms with van der Waals surface area (Å²) in [6.07, 6.45) is 2.81. The Morgan fingerprint density at radius 3 is 2.13 bits per heavy atom. The number of nitro benzene ring substituents is 1. The summed E-state index contributed by atoms with van der Waals surface area (Å²) in [5, 5.41) is 24.1. The minimum Gasteiger partial charge on any atom is -0.449 e. The minimum atomic E-state index is -1.07. The lowest BCUT2D eigenvalue weighted by Gasteiger charge is -2.25. The molecule has 6 amide bonds. The molecule has 1 saturated carbocycles. The molecule has 0 spiro atoms. The SMILES string of the molecule is CC(C)[C@H](NC(=O)CCOCCOCCNC(=O)OCC1[C@H]2CCC#CCC[C@@H]12)C(=O)N[C@@H](CCCNC(N)=O)C(=O)Nc1ccc(COC(=O)Oc2ccc([N+](=O)[O-])cc2)cc1. The highest BCUT2D eigenvalue weighted by molar-refractivity contribution is 5.98. The van der Waals surface area contributed by atoms with Gasteiger partial charge in [-0.1, -0.05) is 26.0 Å². The number of urea groups is 1. The van der Waals surface area contributed by atoms with Crippen LogP contribution in [0.3, 0.4) is 0 Å². The van der Waals surface area contributed by atoms with Crippen molar-refractivity contribution in [1.29, 1.82) is 0 Å². The number of alkyl carbamates (subject to hydrolysis) is 1. The van der Waals surface area contributed by atoms with Crippen molar-refractivity contribution >= 4 is 47.4 Å². The van der Waals surface area contributed by atoms with Gasteiger partial charge in [0.15, 0.2) is 0 Å². The van der Waals surface area contributed by atoms with Crippen molar-refractivity contribution in [3.8, 4) is 17.6 Å². The highest BCUT2D eigenvalue weighted by Gasteiger charge is 2.49. The maximum atomic E-state index is 13.5. The van der Waals surface area contributed by atoms with Gasteiger partial charge in [0, 0.05) is 50.2 Å². The summed E-state index contributed by atoms with van der Waals surface area (Å²) < 4.78 is 26.5. The third-order valence-corrected chi connectivity index (χ3v) is 10.3. The lowest BCUT2D eigenvalue weighted by atomic mass is 10.0.